The Morgan fingerprint density at radius 3 is 1.78 bits per heavy atom. The van der Waals surface area contributed by atoms with Crippen molar-refractivity contribution in [1.29, 1.82) is 0 Å². The number of carbonyl (C=O) groups excluding carboxylic acids is 1. The number of hydrogen-bond acceptors (Lipinski definition) is 2. The maximum absolute atomic E-state index is 13.5. The highest BCUT2D eigenvalue weighted by Crippen LogP contribution is 2.49. The highest BCUT2D eigenvalue weighted by molar-refractivity contribution is 5.77. The fourth-order valence-electron chi connectivity index (χ4n) is 4.64. The third-order valence-corrected chi connectivity index (χ3v) is 7.13. The van der Waals surface area contributed by atoms with E-state index >= 15 is 0 Å². The van der Waals surface area contributed by atoms with Crippen molar-refractivity contribution >= 4 is 5.97 Å². The lowest BCUT2D eigenvalue weighted by Crippen LogP contribution is -2.47. The Hall–Kier alpha value is -0.530. The molecule has 1 saturated carbocycles. The summed E-state index contributed by atoms with van der Waals surface area (Å²) < 4.78 is 6.30. The van der Waals surface area contributed by atoms with Crippen LogP contribution < -0.4 is 0 Å². The van der Waals surface area contributed by atoms with Crippen LogP contribution in [0.4, 0.5) is 0 Å². The summed E-state index contributed by atoms with van der Waals surface area (Å²) >= 11 is 0. The van der Waals surface area contributed by atoms with Gasteiger partial charge in [0.15, 0.2) is 0 Å². The van der Waals surface area contributed by atoms with Crippen molar-refractivity contribution in [1.82, 2.24) is 0 Å². The lowest BCUT2D eigenvalue weighted by molar-refractivity contribution is -0.175. The average molecular weight is 381 g/mol. The van der Waals surface area contributed by atoms with E-state index in [4.69, 9.17) is 4.74 Å². The van der Waals surface area contributed by atoms with Gasteiger partial charge in [-0.25, -0.2) is 0 Å². The molecule has 2 heteroatoms. The molecule has 160 valence electrons. The molecule has 0 amide bonds. The quantitative estimate of drug-likeness (QED) is 0.472. The van der Waals surface area contributed by atoms with Crippen LogP contribution >= 0.6 is 0 Å². The largest absolute Gasteiger partial charge is 0.462 e. The van der Waals surface area contributed by atoms with Crippen LogP contribution in [0.2, 0.25) is 0 Å². The molecule has 0 bridgehead atoms. The molecule has 0 aromatic rings. The summed E-state index contributed by atoms with van der Waals surface area (Å²) in [6.45, 7) is 26.9. The molecule has 0 aliphatic heterocycles. The SMILES string of the molecule is CC(C)C1CC(OC(=O)C(C)(CC(C)(C)C)C(C)(C)C)CC(C(C)(C)C)C1. The molecule has 0 aromatic heterocycles. The van der Waals surface area contributed by atoms with E-state index in [1.54, 1.807) is 0 Å². The normalized spacial score (nSPS) is 27.4. The van der Waals surface area contributed by atoms with Crippen LogP contribution in [0.3, 0.4) is 0 Å². The second-order valence-electron chi connectivity index (χ2n) is 13.1. The Bertz CT molecular complexity index is 498. The minimum absolute atomic E-state index is 0.00647. The Morgan fingerprint density at radius 2 is 1.41 bits per heavy atom. The van der Waals surface area contributed by atoms with Crippen molar-refractivity contribution in [3.05, 3.63) is 0 Å². The third-order valence-electron chi connectivity index (χ3n) is 7.13. The molecule has 0 aromatic carbocycles. The molecule has 1 rings (SSSR count). The van der Waals surface area contributed by atoms with E-state index in [0.29, 0.717) is 17.8 Å². The summed E-state index contributed by atoms with van der Waals surface area (Å²) in [5, 5.41) is 0. The van der Waals surface area contributed by atoms with E-state index in [1.807, 2.05) is 0 Å². The molecule has 1 aliphatic rings. The van der Waals surface area contributed by atoms with Crippen molar-refractivity contribution in [2.45, 2.75) is 115 Å². The van der Waals surface area contributed by atoms with Gasteiger partial charge in [0.2, 0.25) is 0 Å². The molecule has 4 unspecified atom stereocenters. The molecular weight excluding hydrogens is 332 g/mol. The van der Waals surface area contributed by atoms with Gasteiger partial charge in [-0.2, -0.15) is 0 Å². The van der Waals surface area contributed by atoms with Crippen molar-refractivity contribution < 1.29 is 9.53 Å². The monoisotopic (exact) mass is 380 g/mol. The molecule has 0 heterocycles. The van der Waals surface area contributed by atoms with E-state index < -0.39 is 5.41 Å². The fourth-order valence-corrected chi connectivity index (χ4v) is 4.64. The summed E-state index contributed by atoms with van der Waals surface area (Å²) in [6, 6.07) is 0. The van der Waals surface area contributed by atoms with Gasteiger partial charge in [-0.1, -0.05) is 76.2 Å². The zero-order valence-electron chi connectivity index (χ0n) is 20.5. The highest BCUT2D eigenvalue weighted by atomic mass is 16.5. The first-order chi connectivity index (χ1) is 11.9. The van der Waals surface area contributed by atoms with Crippen LogP contribution in [0, 0.1) is 39.4 Å². The Kier molecular flexibility index (Phi) is 7.33. The molecule has 0 N–H and O–H groups in total. The Labute approximate surface area is 170 Å². The molecule has 0 spiro atoms. The molecular formula is C25H48O2. The fraction of sp³-hybridized carbons (Fsp3) is 0.960. The summed E-state index contributed by atoms with van der Waals surface area (Å²) in [5.74, 6) is 1.90. The Balaban J connectivity index is 3.05. The van der Waals surface area contributed by atoms with Crippen LogP contribution in [0.15, 0.2) is 0 Å². The third kappa shape index (κ3) is 6.50. The average Bonchev–Trinajstić information content (AvgIpc) is 2.42. The number of carbonyl (C=O) groups is 1. The standard InChI is InChI=1S/C25H48O2/c1-17(2)18-13-19(23(6,7)8)15-20(14-18)27-21(26)25(12,24(9,10)11)16-22(3,4)5/h17-20H,13-16H2,1-12H3. The molecule has 0 saturated heterocycles. The second-order valence-corrected chi connectivity index (χ2v) is 13.1. The van der Waals surface area contributed by atoms with E-state index in [1.165, 1.54) is 6.42 Å². The molecule has 0 radical (unpaired) electrons. The summed E-state index contributed by atoms with van der Waals surface area (Å²) in [7, 11) is 0. The van der Waals surface area contributed by atoms with E-state index in [2.05, 4.69) is 83.1 Å². The van der Waals surface area contributed by atoms with Crippen molar-refractivity contribution in [3.63, 3.8) is 0 Å². The second kappa shape index (κ2) is 8.07. The van der Waals surface area contributed by atoms with Crippen LogP contribution in [-0.4, -0.2) is 12.1 Å². The number of ether oxygens (including phenoxy) is 1. The van der Waals surface area contributed by atoms with Gasteiger partial charge in [-0.15, -0.1) is 0 Å². The molecule has 2 nitrogen and oxygen atoms in total. The smallest absolute Gasteiger partial charge is 0.312 e. The number of rotatable bonds is 4. The van der Waals surface area contributed by atoms with E-state index in [9.17, 15) is 4.79 Å². The minimum Gasteiger partial charge on any atom is -0.462 e. The zero-order valence-corrected chi connectivity index (χ0v) is 20.5. The van der Waals surface area contributed by atoms with Crippen molar-refractivity contribution in [3.8, 4) is 0 Å². The maximum Gasteiger partial charge on any atom is 0.312 e. The van der Waals surface area contributed by atoms with Gasteiger partial charge in [0, 0.05) is 0 Å². The first-order valence-electron chi connectivity index (χ1n) is 11.1. The summed E-state index contributed by atoms with van der Waals surface area (Å²) in [5.41, 5.74) is -0.265. The van der Waals surface area contributed by atoms with Gasteiger partial charge >= 0.3 is 5.97 Å². The number of hydrogen-bond donors (Lipinski definition) is 0. The minimum atomic E-state index is -0.479. The summed E-state index contributed by atoms with van der Waals surface area (Å²) in [6.07, 6.45) is 4.18. The van der Waals surface area contributed by atoms with Crippen molar-refractivity contribution in [2.75, 3.05) is 0 Å². The topological polar surface area (TPSA) is 26.3 Å². The molecule has 4 atom stereocenters. The highest BCUT2D eigenvalue weighted by Gasteiger charge is 2.49. The van der Waals surface area contributed by atoms with Gasteiger partial charge in [0.05, 0.1) is 5.41 Å². The van der Waals surface area contributed by atoms with Crippen LogP contribution in [0.5, 0.6) is 0 Å². The zero-order chi connectivity index (χ0) is 21.4. The number of esters is 1. The first-order valence-corrected chi connectivity index (χ1v) is 11.1. The van der Waals surface area contributed by atoms with Crippen LogP contribution in [-0.2, 0) is 9.53 Å². The molecule has 1 aliphatic carbocycles. The van der Waals surface area contributed by atoms with Gasteiger partial charge in [0.1, 0.15) is 6.10 Å². The predicted molar refractivity (Wildman–Crippen MR) is 117 cm³/mol. The van der Waals surface area contributed by atoms with Gasteiger partial charge < -0.3 is 4.74 Å². The van der Waals surface area contributed by atoms with Gasteiger partial charge in [0.25, 0.3) is 0 Å². The first kappa shape index (κ1) is 24.5. The summed E-state index contributed by atoms with van der Waals surface area (Å²) in [4.78, 5) is 13.5. The lowest BCUT2D eigenvalue weighted by atomic mass is 9.61. The Morgan fingerprint density at radius 1 is 0.889 bits per heavy atom. The molecule has 27 heavy (non-hydrogen) atoms. The lowest BCUT2D eigenvalue weighted by Gasteiger charge is -2.46. The van der Waals surface area contributed by atoms with Crippen LogP contribution in [0.25, 0.3) is 0 Å². The molecule has 1 fully saturated rings. The van der Waals surface area contributed by atoms with Crippen molar-refractivity contribution in [2.24, 2.45) is 39.4 Å². The van der Waals surface area contributed by atoms with E-state index in [-0.39, 0.29) is 28.3 Å². The maximum atomic E-state index is 13.5. The van der Waals surface area contributed by atoms with Crippen LogP contribution in [0.1, 0.15) is 109 Å². The van der Waals surface area contributed by atoms with Gasteiger partial charge in [-0.05, 0) is 66.6 Å². The van der Waals surface area contributed by atoms with Gasteiger partial charge in [-0.3, -0.25) is 4.79 Å². The van der Waals surface area contributed by atoms with E-state index in [0.717, 1.165) is 19.3 Å². The predicted octanol–water partition coefficient (Wildman–Crippen LogP) is 7.51.